The first-order valence-corrected chi connectivity index (χ1v) is 9.07. The van der Waals surface area contributed by atoms with Crippen LogP contribution in [0.25, 0.3) is 0 Å². The van der Waals surface area contributed by atoms with Gasteiger partial charge in [-0.15, -0.1) is 11.3 Å². The number of urea groups is 1. The van der Waals surface area contributed by atoms with Crippen molar-refractivity contribution in [2.75, 3.05) is 13.1 Å². The standard InChI is InChI=1S/C16H25N3OS/c1-2-13-11-18-15(21-13)7-9-17-16(20)19-10-8-12-5-3-4-6-14(12)19/h11-12,14H,2-10H2,1H3,(H,17,20)/t12-,14+/m1/s1. The predicted octanol–water partition coefficient (Wildman–Crippen LogP) is 3.22. The third kappa shape index (κ3) is 3.39. The van der Waals surface area contributed by atoms with E-state index >= 15 is 0 Å². The number of nitrogens with one attached hydrogen (secondary N) is 1. The second-order valence-electron chi connectivity index (χ2n) is 6.15. The number of aryl methyl sites for hydroxylation is 1. The summed E-state index contributed by atoms with van der Waals surface area (Å²) in [4.78, 5) is 20.2. The molecule has 4 nitrogen and oxygen atoms in total. The molecule has 1 saturated carbocycles. The van der Waals surface area contributed by atoms with E-state index in [1.807, 2.05) is 6.20 Å². The zero-order valence-electron chi connectivity index (χ0n) is 12.8. The van der Waals surface area contributed by atoms with Crippen LogP contribution in [0, 0.1) is 5.92 Å². The zero-order valence-corrected chi connectivity index (χ0v) is 13.6. The highest BCUT2D eigenvalue weighted by Crippen LogP contribution is 2.35. The molecule has 0 aromatic carbocycles. The van der Waals surface area contributed by atoms with Crippen LogP contribution < -0.4 is 5.32 Å². The Morgan fingerprint density at radius 1 is 1.43 bits per heavy atom. The summed E-state index contributed by atoms with van der Waals surface area (Å²) in [6.07, 6.45) is 10.2. The molecule has 1 aliphatic heterocycles. The van der Waals surface area contributed by atoms with E-state index in [0.717, 1.165) is 30.3 Å². The van der Waals surface area contributed by atoms with Crippen molar-refractivity contribution in [3.05, 3.63) is 16.1 Å². The number of likely N-dealkylation sites (tertiary alicyclic amines) is 1. The van der Waals surface area contributed by atoms with E-state index in [-0.39, 0.29) is 6.03 Å². The summed E-state index contributed by atoms with van der Waals surface area (Å²) in [6, 6.07) is 0.641. The third-order valence-corrected chi connectivity index (χ3v) is 6.04. The van der Waals surface area contributed by atoms with E-state index in [1.165, 1.54) is 37.0 Å². The number of carbonyl (C=O) groups is 1. The van der Waals surface area contributed by atoms with Crippen LogP contribution in [0.5, 0.6) is 0 Å². The summed E-state index contributed by atoms with van der Waals surface area (Å²) < 4.78 is 0. The fourth-order valence-corrected chi connectivity index (χ4v) is 4.52. The summed E-state index contributed by atoms with van der Waals surface area (Å²) in [5, 5.41) is 4.22. The Balaban J connectivity index is 1.45. The first-order chi connectivity index (χ1) is 10.3. The normalized spacial score (nSPS) is 24.9. The molecule has 3 rings (SSSR count). The molecular weight excluding hydrogens is 282 g/mol. The van der Waals surface area contributed by atoms with Gasteiger partial charge >= 0.3 is 6.03 Å². The molecule has 1 N–H and O–H groups in total. The molecule has 1 saturated heterocycles. The van der Waals surface area contributed by atoms with Crippen LogP contribution in [-0.4, -0.2) is 35.0 Å². The Kier molecular flexibility index (Phi) is 4.78. The fourth-order valence-electron chi connectivity index (χ4n) is 3.66. The number of carbonyl (C=O) groups excluding carboxylic acids is 1. The molecule has 2 aliphatic rings. The highest BCUT2D eigenvalue weighted by atomic mass is 32.1. The molecule has 0 radical (unpaired) electrons. The average Bonchev–Trinajstić information content (AvgIpc) is 3.13. The first kappa shape index (κ1) is 14.8. The molecule has 0 bridgehead atoms. The number of aromatic nitrogens is 1. The molecule has 21 heavy (non-hydrogen) atoms. The first-order valence-electron chi connectivity index (χ1n) is 8.26. The number of rotatable bonds is 4. The summed E-state index contributed by atoms with van der Waals surface area (Å²) in [6.45, 7) is 3.79. The van der Waals surface area contributed by atoms with Gasteiger partial charge in [0.05, 0.1) is 5.01 Å². The van der Waals surface area contributed by atoms with Gasteiger partial charge in [0.25, 0.3) is 0 Å². The number of hydrogen-bond donors (Lipinski definition) is 1. The lowest BCUT2D eigenvalue weighted by molar-refractivity contribution is 0.170. The summed E-state index contributed by atoms with van der Waals surface area (Å²) in [7, 11) is 0. The number of hydrogen-bond acceptors (Lipinski definition) is 3. The van der Waals surface area contributed by atoms with Gasteiger partial charge in [-0.1, -0.05) is 19.8 Å². The van der Waals surface area contributed by atoms with E-state index in [1.54, 1.807) is 11.3 Å². The Bertz CT molecular complexity index is 488. The van der Waals surface area contributed by atoms with Crippen molar-refractivity contribution in [1.29, 1.82) is 0 Å². The number of fused-ring (bicyclic) bond motifs is 1. The summed E-state index contributed by atoms with van der Waals surface area (Å²) in [5.74, 6) is 0.760. The molecule has 0 spiro atoms. The second kappa shape index (κ2) is 6.77. The van der Waals surface area contributed by atoms with Gasteiger partial charge in [-0.05, 0) is 31.6 Å². The maximum atomic E-state index is 12.3. The van der Waals surface area contributed by atoms with Crippen LogP contribution in [0.4, 0.5) is 4.79 Å². The number of amides is 2. The van der Waals surface area contributed by atoms with Crippen molar-refractivity contribution < 1.29 is 4.79 Å². The van der Waals surface area contributed by atoms with Crippen LogP contribution >= 0.6 is 11.3 Å². The molecular formula is C16H25N3OS. The summed E-state index contributed by atoms with van der Waals surface area (Å²) in [5.41, 5.74) is 0. The number of thiazole rings is 1. The van der Waals surface area contributed by atoms with Crippen LogP contribution in [0.3, 0.4) is 0 Å². The van der Waals surface area contributed by atoms with E-state index in [0.29, 0.717) is 12.6 Å². The zero-order chi connectivity index (χ0) is 14.7. The lowest BCUT2D eigenvalue weighted by Gasteiger charge is -2.31. The Labute approximate surface area is 130 Å². The van der Waals surface area contributed by atoms with Gasteiger partial charge in [0.15, 0.2) is 0 Å². The van der Waals surface area contributed by atoms with E-state index in [2.05, 4.69) is 22.1 Å². The van der Waals surface area contributed by atoms with Crippen LogP contribution in [0.2, 0.25) is 0 Å². The molecule has 2 amide bonds. The Morgan fingerprint density at radius 3 is 3.10 bits per heavy atom. The van der Waals surface area contributed by atoms with Gasteiger partial charge in [0, 0.05) is 36.6 Å². The van der Waals surface area contributed by atoms with Gasteiger partial charge < -0.3 is 10.2 Å². The SMILES string of the molecule is CCc1cnc(CCNC(=O)N2CC[C@H]3CCCC[C@@H]32)s1. The van der Waals surface area contributed by atoms with Crippen molar-refractivity contribution in [3.8, 4) is 0 Å². The maximum absolute atomic E-state index is 12.3. The minimum atomic E-state index is 0.136. The van der Waals surface area contributed by atoms with Crippen molar-refractivity contribution in [1.82, 2.24) is 15.2 Å². The van der Waals surface area contributed by atoms with Gasteiger partial charge in [-0.25, -0.2) is 9.78 Å². The molecule has 2 heterocycles. The minimum absolute atomic E-state index is 0.136. The maximum Gasteiger partial charge on any atom is 0.317 e. The van der Waals surface area contributed by atoms with Crippen molar-refractivity contribution in [3.63, 3.8) is 0 Å². The lowest BCUT2D eigenvalue weighted by atomic mass is 9.85. The molecule has 1 aromatic heterocycles. The molecule has 116 valence electrons. The predicted molar refractivity (Wildman–Crippen MR) is 85.7 cm³/mol. The molecule has 2 atom stereocenters. The van der Waals surface area contributed by atoms with Gasteiger partial charge in [-0.3, -0.25) is 0 Å². The molecule has 1 aliphatic carbocycles. The van der Waals surface area contributed by atoms with Crippen molar-refractivity contribution in [2.45, 2.75) is 57.9 Å². The van der Waals surface area contributed by atoms with Crippen molar-refractivity contribution in [2.24, 2.45) is 5.92 Å². The Morgan fingerprint density at radius 2 is 2.29 bits per heavy atom. The van der Waals surface area contributed by atoms with Crippen LogP contribution in [0.15, 0.2) is 6.20 Å². The topological polar surface area (TPSA) is 45.2 Å². The van der Waals surface area contributed by atoms with Crippen LogP contribution in [-0.2, 0) is 12.8 Å². The molecule has 1 aromatic rings. The van der Waals surface area contributed by atoms with Gasteiger partial charge in [0.2, 0.25) is 0 Å². The molecule has 5 heteroatoms. The fraction of sp³-hybridized carbons (Fsp3) is 0.750. The lowest BCUT2D eigenvalue weighted by Crippen LogP contribution is -2.45. The minimum Gasteiger partial charge on any atom is -0.338 e. The summed E-state index contributed by atoms with van der Waals surface area (Å²) >= 11 is 1.76. The van der Waals surface area contributed by atoms with Crippen molar-refractivity contribution >= 4 is 17.4 Å². The molecule has 0 unspecified atom stereocenters. The van der Waals surface area contributed by atoms with Gasteiger partial charge in [0.1, 0.15) is 0 Å². The number of nitrogens with zero attached hydrogens (tertiary/aromatic N) is 2. The Hall–Kier alpha value is -1.10. The molecule has 2 fully saturated rings. The van der Waals surface area contributed by atoms with E-state index in [9.17, 15) is 4.79 Å². The van der Waals surface area contributed by atoms with E-state index < -0.39 is 0 Å². The quantitative estimate of drug-likeness (QED) is 0.928. The second-order valence-corrected chi connectivity index (χ2v) is 7.35. The van der Waals surface area contributed by atoms with Gasteiger partial charge in [-0.2, -0.15) is 0 Å². The average molecular weight is 307 g/mol. The van der Waals surface area contributed by atoms with E-state index in [4.69, 9.17) is 0 Å². The highest BCUT2D eigenvalue weighted by molar-refractivity contribution is 7.11. The van der Waals surface area contributed by atoms with Crippen LogP contribution in [0.1, 0.15) is 48.9 Å². The largest absolute Gasteiger partial charge is 0.338 e. The smallest absolute Gasteiger partial charge is 0.317 e. The third-order valence-electron chi connectivity index (χ3n) is 4.84. The monoisotopic (exact) mass is 307 g/mol. The highest BCUT2D eigenvalue weighted by Gasteiger charge is 2.37.